The topological polar surface area (TPSA) is 155 Å². The number of carbonyl (C=O) groups is 3. The second-order valence-electron chi connectivity index (χ2n) is 18.4. The van der Waals surface area contributed by atoms with Crippen molar-refractivity contribution in [1.29, 1.82) is 0 Å². The molecule has 0 rings (SSSR count). The first-order valence-electron chi connectivity index (χ1n) is 27.8. The fourth-order valence-electron chi connectivity index (χ4n) is 7.41. The van der Waals surface area contributed by atoms with Crippen molar-refractivity contribution in [2.24, 2.45) is 0 Å². The van der Waals surface area contributed by atoms with Crippen LogP contribution < -0.4 is 0 Å². The molecule has 0 aromatic heterocycles. The maximum Gasteiger partial charge on any atom is 0.472 e. The molecule has 0 aromatic rings. The van der Waals surface area contributed by atoms with Gasteiger partial charge in [0.15, 0.2) is 6.10 Å². The highest BCUT2D eigenvalue weighted by Crippen LogP contribution is 2.43. The minimum absolute atomic E-state index is 0.00571. The van der Waals surface area contributed by atoms with Gasteiger partial charge in [-0.15, -0.1) is 0 Å². The molecule has 70 heavy (non-hydrogen) atoms. The first-order valence-corrected chi connectivity index (χ1v) is 29.3. The molecule has 0 aromatic carbocycles. The first-order chi connectivity index (χ1) is 34.2. The molecule has 404 valence electrons. The molecular weight excluding hydrogens is 904 g/mol. The van der Waals surface area contributed by atoms with Crippen molar-refractivity contribution in [3.63, 3.8) is 0 Å². The Hall–Kier alpha value is -3.08. The summed E-state index contributed by atoms with van der Waals surface area (Å²) in [4.78, 5) is 48.3. The molecule has 0 aliphatic heterocycles. The zero-order chi connectivity index (χ0) is 51.3. The van der Waals surface area contributed by atoms with Crippen molar-refractivity contribution in [2.75, 3.05) is 26.4 Å². The summed E-state index contributed by atoms with van der Waals surface area (Å²) >= 11 is 0. The third kappa shape index (κ3) is 49.9. The Labute approximate surface area is 427 Å². The van der Waals surface area contributed by atoms with Crippen LogP contribution in [0.1, 0.15) is 239 Å². The standard InChI is InChI=1S/C58H101O11P/c1-4-7-10-13-16-19-22-24-26-27-29-31-34-37-40-43-46-49-58(62)69-55(51-65-56(60)47-44-41-38-35-33-30-28-25-23-20-17-14-11-8-5-2)53-67-70(63,64)66-52-54(50-59)68-57(61)48-45-42-39-36-32-21-18-15-12-9-6-3/h8,11,15,17-18,20,25,28,33,35,41,44,54-55,59H,4-7,9-10,12-14,16,19,21-24,26-27,29-32,34,36-40,42-43,45-53H2,1-3H3,(H,63,64)/b11-8-,18-15-,20-17-,28-25-,35-33-,44-41-. The minimum atomic E-state index is -4.76. The van der Waals surface area contributed by atoms with E-state index in [1.165, 1.54) is 96.3 Å². The molecule has 0 spiro atoms. The Kier molecular flexibility index (Phi) is 50.0. The summed E-state index contributed by atoms with van der Waals surface area (Å²) in [6, 6.07) is 0. The maximum absolute atomic E-state index is 12.9. The second-order valence-corrected chi connectivity index (χ2v) is 19.8. The average Bonchev–Trinajstić information content (AvgIpc) is 3.35. The molecule has 2 N–H and O–H groups in total. The number of ether oxygens (including phenoxy) is 3. The van der Waals surface area contributed by atoms with Crippen LogP contribution in [0.25, 0.3) is 0 Å². The highest BCUT2D eigenvalue weighted by molar-refractivity contribution is 7.47. The van der Waals surface area contributed by atoms with E-state index in [1.54, 1.807) is 6.08 Å². The van der Waals surface area contributed by atoms with Gasteiger partial charge in [0.25, 0.3) is 0 Å². The lowest BCUT2D eigenvalue weighted by Gasteiger charge is -2.21. The van der Waals surface area contributed by atoms with Crippen LogP contribution in [0, 0.1) is 0 Å². The van der Waals surface area contributed by atoms with Crippen molar-refractivity contribution < 1.29 is 52.2 Å². The van der Waals surface area contributed by atoms with E-state index in [2.05, 4.69) is 75.5 Å². The molecule has 0 aliphatic rings. The second kappa shape index (κ2) is 52.2. The number of aliphatic hydroxyl groups is 1. The van der Waals surface area contributed by atoms with Crippen molar-refractivity contribution in [3.05, 3.63) is 72.9 Å². The van der Waals surface area contributed by atoms with Crippen molar-refractivity contribution in [3.8, 4) is 0 Å². The van der Waals surface area contributed by atoms with E-state index in [1.807, 2.05) is 12.2 Å². The largest absolute Gasteiger partial charge is 0.472 e. The quantitative estimate of drug-likeness (QED) is 0.0197. The number of unbranched alkanes of at least 4 members (excludes halogenated alkanes) is 23. The number of phosphoric ester groups is 1. The molecule has 0 radical (unpaired) electrons. The van der Waals surface area contributed by atoms with Gasteiger partial charge < -0.3 is 24.2 Å². The molecule has 0 aliphatic carbocycles. The Morgan fingerprint density at radius 1 is 0.429 bits per heavy atom. The van der Waals surface area contributed by atoms with Gasteiger partial charge in [-0.3, -0.25) is 23.4 Å². The van der Waals surface area contributed by atoms with E-state index in [9.17, 15) is 28.9 Å². The summed E-state index contributed by atoms with van der Waals surface area (Å²) in [5.41, 5.74) is 0. The highest BCUT2D eigenvalue weighted by atomic mass is 31.2. The van der Waals surface area contributed by atoms with Crippen LogP contribution in [0.4, 0.5) is 0 Å². The maximum atomic E-state index is 12.9. The summed E-state index contributed by atoms with van der Waals surface area (Å²) < 4.78 is 39.3. The Bertz CT molecular complexity index is 1450. The number of phosphoric acid groups is 1. The lowest BCUT2D eigenvalue weighted by atomic mass is 10.0. The fourth-order valence-corrected chi connectivity index (χ4v) is 8.19. The third-order valence-electron chi connectivity index (χ3n) is 11.6. The number of esters is 3. The molecular formula is C58H101O11P. The van der Waals surface area contributed by atoms with Crippen molar-refractivity contribution in [1.82, 2.24) is 0 Å². The van der Waals surface area contributed by atoms with E-state index in [0.717, 1.165) is 83.5 Å². The predicted molar refractivity (Wildman–Crippen MR) is 288 cm³/mol. The molecule has 0 saturated heterocycles. The number of rotatable bonds is 51. The van der Waals surface area contributed by atoms with E-state index < -0.39 is 57.8 Å². The number of aliphatic hydroxyl groups excluding tert-OH is 1. The van der Waals surface area contributed by atoms with Gasteiger partial charge in [0.2, 0.25) is 0 Å². The molecule has 0 heterocycles. The fraction of sp³-hybridized carbons (Fsp3) is 0.741. The normalized spacial score (nSPS) is 14.0. The summed E-state index contributed by atoms with van der Waals surface area (Å²) in [5, 5.41) is 9.77. The molecule has 0 saturated carbocycles. The molecule has 0 fully saturated rings. The monoisotopic (exact) mass is 1000 g/mol. The van der Waals surface area contributed by atoms with Gasteiger partial charge in [-0.25, -0.2) is 4.57 Å². The van der Waals surface area contributed by atoms with E-state index in [4.69, 9.17) is 23.3 Å². The van der Waals surface area contributed by atoms with Crippen LogP contribution in [0.15, 0.2) is 72.9 Å². The summed E-state index contributed by atoms with van der Waals surface area (Å²) in [6.45, 7) is 4.38. The molecule has 11 nitrogen and oxygen atoms in total. The number of hydrogen-bond donors (Lipinski definition) is 2. The van der Waals surface area contributed by atoms with Crippen molar-refractivity contribution in [2.45, 2.75) is 251 Å². The van der Waals surface area contributed by atoms with Crippen LogP contribution in [0.2, 0.25) is 0 Å². The van der Waals surface area contributed by atoms with Gasteiger partial charge in [-0.2, -0.15) is 0 Å². The van der Waals surface area contributed by atoms with Gasteiger partial charge >= 0.3 is 25.7 Å². The van der Waals surface area contributed by atoms with Gasteiger partial charge in [-0.1, -0.05) is 229 Å². The van der Waals surface area contributed by atoms with Gasteiger partial charge in [0.1, 0.15) is 12.7 Å². The number of hydrogen-bond acceptors (Lipinski definition) is 10. The van der Waals surface area contributed by atoms with Crippen LogP contribution in [-0.2, 0) is 42.2 Å². The molecule has 0 bridgehead atoms. The number of carbonyl (C=O) groups excluding carboxylic acids is 3. The van der Waals surface area contributed by atoms with E-state index in [-0.39, 0.29) is 25.9 Å². The SMILES string of the molecule is CC/C=C\C/C=C\C/C=C\C/C=C\C/C=C\CC(=O)OCC(COP(=O)(O)OCC(CO)OC(=O)CCCCCCC/C=C\CCCC)OC(=O)CCCCCCCCCCCCCCCCCCC. The Morgan fingerprint density at radius 3 is 1.24 bits per heavy atom. The zero-order valence-electron chi connectivity index (χ0n) is 44.5. The molecule has 12 heteroatoms. The first kappa shape index (κ1) is 66.9. The number of allylic oxidation sites excluding steroid dienone is 11. The van der Waals surface area contributed by atoms with E-state index in [0.29, 0.717) is 19.3 Å². The van der Waals surface area contributed by atoms with Crippen LogP contribution in [0.3, 0.4) is 0 Å². The zero-order valence-corrected chi connectivity index (χ0v) is 45.4. The highest BCUT2D eigenvalue weighted by Gasteiger charge is 2.28. The van der Waals surface area contributed by atoms with Crippen LogP contribution >= 0.6 is 7.82 Å². The average molecular weight is 1010 g/mol. The summed E-state index contributed by atoms with van der Waals surface area (Å²) in [6.07, 6.45) is 57.6. The van der Waals surface area contributed by atoms with Crippen LogP contribution in [0.5, 0.6) is 0 Å². The predicted octanol–water partition coefficient (Wildman–Crippen LogP) is 16.1. The summed E-state index contributed by atoms with van der Waals surface area (Å²) in [7, 11) is -4.76. The lowest BCUT2D eigenvalue weighted by Crippen LogP contribution is -2.30. The van der Waals surface area contributed by atoms with Gasteiger partial charge in [0, 0.05) is 12.8 Å². The smallest absolute Gasteiger partial charge is 0.461 e. The molecule has 0 amide bonds. The Balaban J connectivity index is 4.82. The van der Waals surface area contributed by atoms with Crippen LogP contribution in [-0.4, -0.2) is 66.5 Å². The van der Waals surface area contributed by atoms with E-state index >= 15 is 0 Å². The lowest BCUT2D eigenvalue weighted by molar-refractivity contribution is -0.161. The van der Waals surface area contributed by atoms with Gasteiger partial charge in [0.05, 0.1) is 26.2 Å². The van der Waals surface area contributed by atoms with Crippen molar-refractivity contribution >= 4 is 25.7 Å². The minimum Gasteiger partial charge on any atom is -0.461 e. The molecule has 3 unspecified atom stereocenters. The third-order valence-corrected chi connectivity index (χ3v) is 12.6. The Morgan fingerprint density at radius 2 is 0.800 bits per heavy atom. The molecule has 3 atom stereocenters. The van der Waals surface area contributed by atoms with Gasteiger partial charge in [-0.05, 0) is 64.2 Å². The summed E-state index contributed by atoms with van der Waals surface area (Å²) in [5.74, 6) is -1.62.